The number of aliphatic hydroxyl groups is 1. The van der Waals surface area contributed by atoms with E-state index in [0.29, 0.717) is 0 Å². The monoisotopic (exact) mass is 250 g/mol. The second-order valence-electron chi connectivity index (χ2n) is 3.82. The maximum Gasteiger partial charge on any atom is 0.303 e. The predicted molar refractivity (Wildman–Crippen MR) is 52.6 cm³/mol. The molecule has 98 valence electrons. The molecule has 6 nitrogen and oxygen atoms in total. The van der Waals surface area contributed by atoms with Gasteiger partial charge in [0.25, 0.3) is 0 Å². The number of hydrogen-bond acceptors (Lipinski definition) is 6. The lowest BCUT2D eigenvalue weighted by molar-refractivity contribution is -0.269. The topological polar surface area (TPSA) is 82.1 Å². The van der Waals surface area contributed by atoms with Crippen molar-refractivity contribution in [1.82, 2.24) is 0 Å². The molecule has 1 heterocycles. The van der Waals surface area contributed by atoms with Crippen molar-refractivity contribution in [2.45, 2.75) is 51.5 Å². The van der Waals surface area contributed by atoms with Crippen molar-refractivity contribution in [2.75, 3.05) is 0 Å². The summed E-state index contributed by atoms with van der Waals surface area (Å²) in [5.41, 5.74) is 0. The standard InChI is InChI=1S/C10H15FO6/c1-4-8(16-5(2)12)9(17-6(3)13)7(11)10(14)15-4/h4,7-10,14H,1-3H3/t4-,7-,8+,9-,10?/m0/s1. The minimum atomic E-state index is -1.96. The number of halogens is 1. The number of hydrogen-bond donors (Lipinski definition) is 1. The van der Waals surface area contributed by atoms with Crippen molar-refractivity contribution in [3.8, 4) is 0 Å². The third-order valence-electron chi connectivity index (χ3n) is 2.33. The minimum absolute atomic E-state index is 0.647. The number of alkyl halides is 1. The molecule has 0 amide bonds. The highest BCUT2D eigenvalue weighted by Gasteiger charge is 2.48. The fourth-order valence-electron chi connectivity index (χ4n) is 1.66. The van der Waals surface area contributed by atoms with Gasteiger partial charge in [0.05, 0.1) is 6.10 Å². The highest BCUT2D eigenvalue weighted by Crippen LogP contribution is 2.27. The van der Waals surface area contributed by atoms with Crippen LogP contribution in [0, 0.1) is 0 Å². The van der Waals surface area contributed by atoms with Crippen LogP contribution in [-0.4, -0.2) is 47.8 Å². The van der Waals surface area contributed by atoms with E-state index in [2.05, 4.69) is 0 Å². The number of aliphatic hydroxyl groups excluding tert-OH is 1. The number of esters is 2. The van der Waals surface area contributed by atoms with Crippen LogP contribution in [0.25, 0.3) is 0 Å². The minimum Gasteiger partial charge on any atom is -0.456 e. The van der Waals surface area contributed by atoms with Crippen molar-refractivity contribution < 1.29 is 33.3 Å². The van der Waals surface area contributed by atoms with E-state index in [9.17, 15) is 19.1 Å². The van der Waals surface area contributed by atoms with Crippen LogP contribution >= 0.6 is 0 Å². The second-order valence-corrected chi connectivity index (χ2v) is 3.82. The maximum atomic E-state index is 13.6. The van der Waals surface area contributed by atoms with Crippen molar-refractivity contribution >= 4 is 11.9 Å². The first-order valence-corrected chi connectivity index (χ1v) is 5.15. The second kappa shape index (κ2) is 5.42. The van der Waals surface area contributed by atoms with E-state index in [-0.39, 0.29) is 0 Å². The van der Waals surface area contributed by atoms with Gasteiger partial charge in [-0.25, -0.2) is 4.39 Å². The molecule has 7 heteroatoms. The average molecular weight is 250 g/mol. The maximum absolute atomic E-state index is 13.6. The van der Waals surface area contributed by atoms with Gasteiger partial charge in [0.15, 0.2) is 24.7 Å². The van der Waals surface area contributed by atoms with E-state index in [1.54, 1.807) is 0 Å². The predicted octanol–water partition coefficient (Wildman–Crippen LogP) is -0.0750. The summed E-state index contributed by atoms with van der Waals surface area (Å²) in [4.78, 5) is 21.7. The van der Waals surface area contributed by atoms with Crippen LogP contribution in [0.3, 0.4) is 0 Å². The summed E-state index contributed by atoms with van der Waals surface area (Å²) in [6, 6.07) is 0. The Morgan fingerprint density at radius 2 is 1.65 bits per heavy atom. The Morgan fingerprint density at radius 1 is 1.18 bits per heavy atom. The largest absolute Gasteiger partial charge is 0.456 e. The van der Waals surface area contributed by atoms with Gasteiger partial charge in [0.1, 0.15) is 0 Å². The lowest BCUT2D eigenvalue weighted by atomic mass is 10.0. The zero-order valence-electron chi connectivity index (χ0n) is 9.75. The molecule has 1 aliphatic rings. The molecule has 1 rings (SSSR count). The molecule has 0 aromatic heterocycles. The van der Waals surface area contributed by atoms with Gasteiger partial charge < -0.3 is 19.3 Å². The molecule has 0 saturated carbocycles. The normalized spacial score (nSPS) is 37.4. The van der Waals surface area contributed by atoms with Crippen LogP contribution in [0.5, 0.6) is 0 Å². The Balaban J connectivity index is 2.86. The third kappa shape index (κ3) is 3.37. The molecule has 5 atom stereocenters. The van der Waals surface area contributed by atoms with Crippen molar-refractivity contribution in [2.24, 2.45) is 0 Å². The van der Waals surface area contributed by atoms with Crippen LogP contribution in [-0.2, 0) is 23.8 Å². The van der Waals surface area contributed by atoms with Gasteiger partial charge in [-0.1, -0.05) is 0 Å². The van der Waals surface area contributed by atoms with E-state index in [1.807, 2.05) is 0 Å². The molecule has 0 radical (unpaired) electrons. The fraction of sp³-hybridized carbons (Fsp3) is 0.800. The molecule has 1 unspecified atom stereocenters. The smallest absolute Gasteiger partial charge is 0.303 e. The van der Waals surface area contributed by atoms with Crippen LogP contribution in [0.2, 0.25) is 0 Å². The van der Waals surface area contributed by atoms with E-state index in [0.717, 1.165) is 13.8 Å². The molecule has 1 fully saturated rings. The zero-order valence-corrected chi connectivity index (χ0v) is 9.75. The highest BCUT2D eigenvalue weighted by atomic mass is 19.1. The van der Waals surface area contributed by atoms with E-state index in [1.165, 1.54) is 6.92 Å². The SMILES string of the molecule is CC(=O)O[C@@H]1[C@H](OC(C)=O)[C@H](C)OC(O)[C@H]1F. The molecule has 0 aromatic carbocycles. The summed E-state index contributed by atoms with van der Waals surface area (Å²) in [7, 11) is 0. The number of carbonyl (C=O) groups is 2. The van der Waals surface area contributed by atoms with Gasteiger partial charge >= 0.3 is 11.9 Å². The van der Waals surface area contributed by atoms with Gasteiger partial charge in [-0.05, 0) is 6.92 Å². The van der Waals surface area contributed by atoms with Crippen molar-refractivity contribution in [3.05, 3.63) is 0 Å². The van der Waals surface area contributed by atoms with Gasteiger partial charge in [-0.15, -0.1) is 0 Å². The summed E-state index contributed by atoms with van der Waals surface area (Å²) in [6.07, 6.45) is -6.88. The Morgan fingerprint density at radius 3 is 2.12 bits per heavy atom. The quantitative estimate of drug-likeness (QED) is 0.690. The Hall–Kier alpha value is -1.21. The van der Waals surface area contributed by atoms with E-state index >= 15 is 0 Å². The Bertz CT molecular complexity index is 307. The lowest BCUT2D eigenvalue weighted by Gasteiger charge is -2.39. The average Bonchev–Trinajstić information content (AvgIpc) is 2.19. The first-order chi connectivity index (χ1) is 7.82. The Labute approximate surface area is 97.6 Å². The summed E-state index contributed by atoms with van der Waals surface area (Å²) >= 11 is 0. The molecular weight excluding hydrogens is 235 g/mol. The number of carbonyl (C=O) groups excluding carboxylic acids is 2. The van der Waals surface area contributed by atoms with Crippen LogP contribution in [0.4, 0.5) is 4.39 Å². The summed E-state index contributed by atoms with van der Waals surface area (Å²) in [5.74, 6) is -1.37. The lowest BCUT2D eigenvalue weighted by Crippen LogP contribution is -2.57. The van der Waals surface area contributed by atoms with E-state index in [4.69, 9.17) is 14.2 Å². The molecule has 0 bridgehead atoms. The van der Waals surface area contributed by atoms with Gasteiger partial charge in [0, 0.05) is 13.8 Å². The fourth-order valence-corrected chi connectivity index (χ4v) is 1.66. The number of rotatable bonds is 2. The summed E-state index contributed by atoms with van der Waals surface area (Å²) in [5, 5.41) is 9.25. The van der Waals surface area contributed by atoms with Crippen LogP contribution in [0.1, 0.15) is 20.8 Å². The first-order valence-electron chi connectivity index (χ1n) is 5.15. The molecule has 0 spiro atoms. The molecule has 1 saturated heterocycles. The molecule has 1 aliphatic heterocycles. The van der Waals surface area contributed by atoms with Crippen molar-refractivity contribution in [3.63, 3.8) is 0 Å². The molecule has 1 N–H and O–H groups in total. The van der Waals surface area contributed by atoms with Crippen molar-refractivity contribution in [1.29, 1.82) is 0 Å². The van der Waals surface area contributed by atoms with Crippen LogP contribution in [0.15, 0.2) is 0 Å². The van der Waals surface area contributed by atoms with Gasteiger partial charge in [-0.3, -0.25) is 9.59 Å². The molecule has 17 heavy (non-hydrogen) atoms. The highest BCUT2D eigenvalue weighted by molar-refractivity contribution is 5.67. The first kappa shape index (κ1) is 13.9. The van der Waals surface area contributed by atoms with Gasteiger partial charge in [0.2, 0.25) is 0 Å². The zero-order chi connectivity index (χ0) is 13.2. The van der Waals surface area contributed by atoms with Crippen LogP contribution < -0.4 is 0 Å². The number of ether oxygens (including phenoxy) is 3. The van der Waals surface area contributed by atoms with E-state index < -0.39 is 42.7 Å². The summed E-state index contributed by atoms with van der Waals surface area (Å²) in [6.45, 7) is 3.74. The molecular formula is C10H15FO6. The summed E-state index contributed by atoms with van der Waals surface area (Å²) < 4.78 is 28.0. The molecule has 0 aromatic rings. The Kier molecular flexibility index (Phi) is 4.41. The molecule has 0 aliphatic carbocycles. The third-order valence-corrected chi connectivity index (χ3v) is 2.33. The van der Waals surface area contributed by atoms with Gasteiger partial charge in [-0.2, -0.15) is 0 Å².